The lowest BCUT2D eigenvalue weighted by Gasteiger charge is -2.32. The molecule has 3 atom stereocenters. The molecule has 0 bridgehead atoms. The minimum absolute atomic E-state index is 0.205. The fourth-order valence-corrected chi connectivity index (χ4v) is 3.30. The summed E-state index contributed by atoms with van der Waals surface area (Å²) in [4.78, 5) is 62.2. The maximum atomic E-state index is 12.0. The first kappa shape index (κ1) is 27.1. The minimum Gasteiger partial charge on any atom is -0.462 e. The molecular formula is C24H27NO10. The van der Waals surface area contributed by atoms with Crippen LogP contribution in [0.4, 0.5) is 0 Å². The highest BCUT2D eigenvalue weighted by Crippen LogP contribution is 2.27. The van der Waals surface area contributed by atoms with Gasteiger partial charge in [-0.25, -0.2) is 0 Å². The van der Waals surface area contributed by atoms with Crippen LogP contribution in [0.3, 0.4) is 0 Å². The molecule has 188 valence electrons. The van der Waals surface area contributed by atoms with Crippen molar-refractivity contribution in [3.05, 3.63) is 41.8 Å². The van der Waals surface area contributed by atoms with Gasteiger partial charge in [0.2, 0.25) is 0 Å². The van der Waals surface area contributed by atoms with Crippen LogP contribution in [0.25, 0.3) is 17.0 Å². The number of ether oxygens (including phenoxy) is 5. The van der Waals surface area contributed by atoms with E-state index in [2.05, 4.69) is 4.98 Å². The van der Waals surface area contributed by atoms with Crippen LogP contribution in [-0.4, -0.2) is 59.7 Å². The number of hydrogen-bond acceptors (Lipinski definition) is 10. The molecule has 0 aliphatic rings. The van der Waals surface area contributed by atoms with Crippen molar-refractivity contribution in [3.63, 3.8) is 0 Å². The molecule has 35 heavy (non-hydrogen) atoms. The zero-order valence-corrected chi connectivity index (χ0v) is 20.0. The van der Waals surface area contributed by atoms with E-state index in [0.717, 1.165) is 45.5 Å². The lowest BCUT2D eigenvalue weighted by atomic mass is 10.0. The molecule has 1 heterocycles. The van der Waals surface area contributed by atoms with Crippen molar-refractivity contribution < 1.29 is 47.7 Å². The molecule has 0 amide bonds. The molecule has 2 aromatic rings. The van der Waals surface area contributed by atoms with Crippen molar-refractivity contribution in [2.45, 2.75) is 52.9 Å². The first-order chi connectivity index (χ1) is 16.5. The van der Waals surface area contributed by atoms with E-state index in [-0.39, 0.29) is 5.76 Å². The van der Waals surface area contributed by atoms with Crippen LogP contribution in [0.2, 0.25) is 0 Å². The van der Waals surface area contributed by atoms with E-state index in [0.29, 0.717) is 5.56 Å². The Morgan fingerprint density at radius 1 is 0.829 bits per heavy atom. The number of carbonyl (C=O) groups is 5. The van der Waals surface area contributed by atoms with Crippen LogP contribution in [0, 0.1) is 0 Å². The Labute approximate surface area is 201 Å². The van der Waals surface area contributed by atoms with Crippen LogP contribution in [0.15, 0.2) is 36.2 Å². The van der Waals surface area contributed by atoms with E-state index in [9.17, 15) is 24.0 Å². The summed E-state index contributed by atoms with van der Waals surface area (Å²) >= 11 is 0. The van der Waals surface area contributed by atoms with Crippen LogP contribution in [0.1, 0.15) is 40.2 Å². The van der Waals surface area contributed by atoms with Crippen LogP contribution < -0.4 is 0 Å². The second-order valence-corrected chi connectivity index (χ2v) is 7.48. The molecule has 11 nitrogen and oxygen atoms in total. The number of benzene rings is 1. The zero-order valence-electron chi connectivity index (χ0n) is 20.0. The van der Waals surface area contributed by atoms with Gasteiger partial charge >= 0.3 is 29.8 Å². The van der Waals surface area contributed by atoms with Crippen molar-refractivity contribution in [3.8, 4) is 0 Å². The summed E-state index contributed by atoms with van der Waals surface area (Å²) in [6.45, 7) is 5.03. The standard InChI is InChI=1S/C24H27NO10/c1-13(26)31-12-22(33-15(3)28)24(35-17(5)30)23(34-16(4)29)21(32-14(2)27)10-18-11-25-20-9-7-6-8-19(18)20/h6-11,22-25H,12H2,1-5H3/b21-10+/t22-,23+,24+/m0/s1. The number of aromatic amines is 1. The molecule has 1 aromatic heterocycles. The number of para-hydroxylation sites is 1. The minimum atomic E-state index is -1.55. The van der Waals surface area contributed by atoms with Gasteiger partial charge in [-0.05, 0) is 12.1 Å². The highest BCUT2D eigenvalue weighted by Gasteiger charge is 2.41. The van der Waals surface area contributed by atoms with Crippen LogP contribution in [-0.2, 0) is 47.7 Å². The van der Waals surface area contributed by atoms with Crippen molar-refractivity contribution in [2.24, 2.45) is 0 Å². The molecule has 0 saturated carbocycles. The fourth-order valence-electron chi connectivity index (χ4n) is 3.30. The average molecular weight is 489 g/mol. The summed E-state index contributed by atoms with van der Waals surface area (Å²) < 4.78 is 26.3. The number of rotatable bonds is 10. The van der Waals surface area contributed by atoms with Gasteiger partial charge in [0, 0.05) is 57.3 Å². The predicted molar refractivity (Wildman–Crippen MR) is 121 cm³/mol. The van der Waals surface area contributed by atoms with Crippen LogP contribution >= 0.6 is 0 Å². The van der Waals surface area contributed by atoms with E-state index < -0.39 is 54.8 Å². The molecule has 0 saturated heterocycles. The number of nitrogens with one attached hydrogen (secondary N) is 1. The number of fused-ring (bicyclic) bond motifs is 1. The summed E-state index contributed by atoms with van der Waals surface area (Å²) in [6.07, 6.45) is -1.40. The van der Waals surface area contributed by atoms with Gasteiger partial charge in [-0.3, -0.25) is 24.0 Å². The van der Waals surface area contributed by atoms with Gasteiger partial charge in [-0.15, -0.1) is 0 Å². The van der Waals surface area contributed by atoms with Crippen molar-refractivity contribution >= 4 is 46.8 Å². The largest absolute Gasteiger partial charge is 0.462 e. The van der Waals surface area contributed by atoms with E-state index in [4.69, 9.17) is 23.7 Å². The molecule has 1 aromatic carbocycles. The number of H-pyrrole nitrogens is 1. The Morgan fingerprint density at radius 2 is 1.46 bits per heavy atom. The van der Waals surface area contributed by atoms with Crippen molar-refractivity contribution in [2.75, 3.05) is 6.61 Å². The molecule has 0 unspecified atom stereocenters. The quantitative estimate of drug-likeness (QED) is 0.300. The third-order valence-corrected chi connectivity index (χ3v) is 4.49. The van der Waals surface area contributed by atoms with Gasteiger partial charge < -0.3 is 28.7 Å². The van der Waals surface area contributed by atoms with E-state index in [1.807, 2.05) is 18.2 Å². The maximum Gasteiger partial charge on any atom is 0.307 e. The molecule has 0 spiro atoms. The van der Waals surface area contributed by atoms with Crippen molar-refractivity contribution in [1.82, 2.24) is 4.98 Å². The summed E-state index contributed by atoms with van der Waals surface area (Å²) in [6, 6.07) is 7.28. The van der Waals surface area contributed by atoms with Crippen LogP contribution in [0.5, 0.6) is 0 Å². The molecular weight excluding hydrogens is 462 g/mol. The lowest BCUT2D eigenvalue weighted by molar-refractivity contribution is -0.189. The molecule has 0 fully saturated rings. The second-order valence-electron chi connectivity index (χ2n) is 7.48. The van der Waals surface area contributed by atoms with E-state index in [1.165, 1.54) is 6.08 Å². The smallest absolute Gasteiger partial charge is 0.307 e. The van der Waals surface area contributed by atoms with E-state index in [1.54, 1.807) is 12.3 Å². The number of hydrogen-bond donors (Lipinski definition) is 1. The van der Waals surface area contributed by atoms with Gasteiger partial charge in [0.15, 0.2) is 24.1 Å². The van der Waals surface area contributed by atoms with Gasteiger partial charge in [-0.2, -0.15) is 0 Å². The summed E-state index contributed by atoms with van der Waals surface area (Å²) in [7, 11) is 0. The number of esters is 5. The first-order valence-corrected chi connectivity index (χ1v) is 10.6. The van der Waals surface area contributed by atoms with Gasteiger partial charge in [0.25, 0.3) is 0 Å². The Hall–Kier alpha value is -4.15. The fraction of sp³-hybridized carbons (Fsp3) is 0.375. The third-order valence-electron chi connectivity index (χ3n) is 4.49. The van der Waals surface area contributed by atoms with E-state index >= 15 is 0 Å². The molecule has 0 radical (unpaired) electrons. The second kappa shape index (κ2) is 12.4. The Balaban J connectivity index is 2.66. The van der Waals surface area contributed by atoms with Crippen molar-refractivity contribution in [1.29, 1.82) is 0 Å². The molecule has 0 aliphatic heterocycles. The Kier molecular flexibility index (Phi) is 9.56. The highest BCUT2D eigenvalue weighted by molar-refractivity contribution is 5.89. The lowest BCUT2D eigenvalue weighted by Crippen LogP contribution is -2.48. The Morgan fingerprint density at radius 3 is 2.03 bits per heavy atom. The predicted octanol–water partition coefficient (Wildman–Crippen LogP) is 2.43. The normalized spacial score (nSPS) is 13.8. The SMILES string of the molecule is CC(=O)OC[C@H](OC(C)=O)[C@@H](OC(C)=O)[C@H](OC(C)=O)/C(=C\c1c[nH]c2ccccc12)OC(C)=O. The summed E-state index contributed by atoms with van der Waals surface area (Å²) in [5.41, 5.74) is 1.36. The highest BCUT2D eigenvalue weighted by atomic mass is 16.6. The first-order valence-electron chi connectivity index (χ1n) is 10.6. The molecule has 1 N–H and O–H groups in total. The molecule has 2 rings (SSSR count). The summed E-state index contributed by atoms with van der Waals surface area (Å²) in [5, 5.41) is 0.763. The number of carbonyl (C=O) groups excluding carboxylic acids is 5. The summed E-state index contributed by atoms with van der Waals surface area (Å²) in [5.74, 6) is -4.06. The Bertz CT molecular complexity index is 1130. The maximum absolute atomic E-state index is 12.0. The molecule has 0 aliphatic carbocycles. The number of aromatic nitrogens is 1. The third kappa shape index (κ3) is 8.29. The topological polar surface area (TPSA) is 147 Å². The molecule has 11 heteroatoms. The van der Waals surface area contributed by atoms with Gasteiger partial charge in [0.05, 0.1) is 0 Å². The van der Waals surface area contributed by atoms with Gasteiger partial charge in [0.1, 0.15) is 6.61 Å². The average Bonchev–Trinajstić information content (AvgIpc) is 3.15. The zero-order chi connectivity index (χ0) is 26.1. The monoisotopic (exact) mass is 489 g/mol. The van der Waals surface area contributed by atoms with Gasteiger partial charge in [-0.1, -0.05) is 18.2 Å².